The van der Waals surface area contributed by atoms with Crippen molar-refractivity contribution in [1.82, 2.24) is 9.78 Å². The Labute approximate surface area is 110 Å². The first-order valence-corrected chi connectivity index (χ1v) is 7.81. The standard InChI is InChI=1S/C12H19N3O2S/c1-15-12(18(2)17)10(8-13-15)14-11(16)9-6-4-3-5-7-9/h8-9H,3-7H2,1-2H3,(H,14,16). The van der Waals surface area contributed by atoms with Crippen LogP contribution in [0.2, 0.25) is 0 Å². The normalized spacial score (nSPS) is 18.6. The van der Waals surface area contributed by atoms with E-state index in [9.17, 15) is 9.35 Å². The lowest BCUT2D eigenvalue weighted by molar-refractivity contribution is -0.120. The number of hydrogen-bond acceptors (Lipinski definition) is 3. The fraction of sp³-hybridized carbons (Fsp3) is 0.667. The molecule has 1 aliphatic carbocycles. The van der Waals surface area contributed by atoms with Gasteiger partial charge in [-0.1, -0.05) is 19.3 Å². The van der Waals surface area contributed by atoms with Crippen molar-refractivity contribution in [1.29, 1.82) is 0 Å². The van der Waals surface area contributed by atoms with Gasteiger partial charge in [0.1, 0.15) is 11.9 Å². The number of aromatic nitrogens is 2. The van der Waals surface area contributed by atoms with E-state index in [1.807, 2.05) is 0 Å². The van der Waals surface area contributed by atoms with Gasteiger partial charge in [0.05, 0.1) is 6.20 Å². The van der Waals surface area contributed by atoms with E-state index in [-0.39, 0.29) is 11.8 Å². The van der Waals surface area contributed by atoms with E-state index in [2.05, 4.69) is 10.4 Å². The van der Waals surface area contributed by atoms with E-state index in [1.54, 1.807) is 24.2 Å². The molecule has 1 N–H and O–H groups in total. The summed E-state index contributed by atoms with van der Waals surface area (Å²) in [5.41, 5.74) is 0.578. The Morgan fingerprint density at radius 1 is 1.50 bits per heavy atom. The third-order valence-corrected chi connectivity index (χ3v) is 4.42. The molecular weight excluding hydrogens is 250 g/mol. The van der Waals surface area contributed by atoms with Crippen LogP contribution in [0.15, 0.2) is 11.2 Å². The van der Waals surface area contributed by atoms with Crippen molar-refractivity contribution in [2.24, 2.45) is 13.0 Å². The van der Waals surface area contributed by atoms with E-state index in [0.717, 1.165) is 25.7 Å². The van der Waals surface area contributed by atoms with Crippen LogP contribution in [0.4, 0.5) is 5.69 Å². The molecular formula is C12H19N3O2S. The molecule has 5 nitrogen and oxygen atoms in total. The van der Waals surface area contributed by atoms with Gasteiger partial charge < -0.3 is 9.87 Å². The average molecular weight is 269 g/mol. The minimum Gasteiger partial charge on any atom is -0.610 e. The number of nitrogens with one attached hydrogen (secondary N) is 1. The lowest BCUT2D eigenvalue weighted by Gasteiger charge is -2.20. The number of carbonyl (C=O) groups excluding carboxylic acids is 1. The molecule has 0 bridgehead atoms. The van der Waals surface area contributed by atoms with Crippen LogP contribution in [0.3, 0.4) is 0 Å². The highest BCUT2D eigenvalue weighted by Gasteiger charge is 2.25. The van der Waals surface area contributed by atoms with Gasteiger partial charge in [0.25, 0.3) is 5.03 Å². The van der Waals surface area contributed by atoms with Gasteiger partial charge in [-0.15, -0.1) is 0 Å². The number of rotatable bonds is 3. The fourth-order valence-corrected chi connectivity index (χ4v) is 3.29. The third kappa shape index (κ3) is 2.87. The minimum atomic E-state index is -1.16. The SMILES string of the molecule is Cn1ncc(NC(=O)C2CCCCC2)c1[S+](C)[O-]. The highest BCUT2D eigenvalue weighted by molar-refractivity contribution is 7.90. The van der Waals surface area contributed by atoms with Crippen LogP contribution >= 0.6 is 0 Å². The number of carbonyl (C=O) groups is 1. The van der Waals surface area contributed by atoms with Crippen molar-refractivity contribution in [3.05, 3.63) is 6.20 Å². The summed E-state index contributed by atoms with van der Waals surface area (Å²) < 4.78 is 13.2. The van der Waals surface area contributed by atoms with Crippen LogP contribution in [0, 0.1) is 5.92 Å². The number of hydrogen-bond donors (Lipinski definition) is 1. The molecule has 6 heteroatoms. The Bertz CT molecular complexity index is 425. The molecule has 0 spiro atoms. The van der Waals surface area contributed by atoms with Gasteiger partial charge in [-0.25, -0.2) is 4.68 Å². The summed E-state index contributed by atoms with van der Waals surface area (Å²) in [6, 6.07) is 0. The lowest BCUT2D eigenvalue weighted by atomic mass is 9.89. The molecule has 1 saturated carbocycles. The van der Waals surface area contributed by atoms with Gasteiger partial charge >= 0.3 is 0 Å². The zero-order valence-corrected chi connectivity index (χ0v) is 11.6. The molecule has 1 atom stereocenters. The van der Waals surface area contributed by atoms with Gasteiger partial charge in [-0.2, -0.15) is 5.10 Å². The molecule has 0 aromatic carbocycles. The average Bonchev–Trinajstić information content (AvgIpc) is 2.71. The van der Waals surface area contributed by atoms with Gasteiger partial charge in [-0.05, 0) is 12.8 Å². The molecule has 0 radical (unpaired) electrons. The predicted molar refractivity (Wildman–Crippen MR) is 70.7 cm³/mol. The molecule has 18 heavy (non-hydrogen) atoms. The Balaban J connectivity index is 2.06. The third-order valence-electron chi connectivity index (χ3n) is 3.39. The van der Waals surface area contributed by atoms with Crippen LogP contribution < -0.4 is 5.32 Å². The lowest BCUT2D eigenvalue weighted by Crippen LogP contribution is -2.25. The van der Waals surface area contributed by atoms with Crippen molar-refractivity contribution >= 4 is 22.8 Å². The maximum absolute atomic E-state index is 12.1. The van der Waals surface area contributed by atoms with Crippen molar-refractivity contribution in [2.45, 2.75) is 37.1 Å². The monoisotopic (exact) mass is 269 g/mol. The summed E-state index contributed by atoms with van der Waals surface area (Å²) in [4.78, 5) is 12.1. The van der Waals surface area contributed by atoms with Crippen LogP contribution in [0.25, 0.3) is 0 Å². The number of amides is 1. The molecule has 0 saturated heterocycles. The zero-order chi connectivity index (χ0) is 13.1. The fourth-order valence-electron chi connectivity index (χ4n) is 2.45. The summed E-state index contributed by atoms with van der Waals surface area (Å²) in [6.07, 6.45) is 8.54. The van der Waals surface area contributed by atoms with E-state index in [1.165, 1.54) is 6.42 Å². The second-order valence-electron chi connectivity index (χ2n) is 4.77. The number of anilines is 1. The largest absolute Gasteiger partial charge is 0.610 e. The van der Waals surface area contributed by atoms with Gasteiger partial charge in [0, 0.05) is 24.1 Å². The van der Waals surface area contributed by atoms with Gasteiger partial charge in [0.15, 0.2) is 0 Å². The Kier molecular flexibility index (Phi) is 4.29. The summed E-state index contributed by atoms with van der Waals surface area (Å²) in [5.74, 6) is 0.131. The Hall–Kier alpha value is -1.01. The van der Waals surface area contributed by atoms with Crippen molar-refractivity contribution in [3.63, 3.8) is 0 Å². The Morgan fingerprint density at radius 2 is 2.17 bits per heavy atom. The second kappa shape index (κ2) is 5.75. The predicted octanol–water partition coefficient (Wildman–Crippen LogP) is 1.68. The smallest absolute Gasteiger partial charge is 0.266 e. The van der Waals surface area contributed by atoms with E-state index in [0.29, 0.717) is 10.7 Å². The second-order valence-corrected chi connectivity index (χ2v) is 6.06. The summed E-state index contributed by atoms with van der Waals surface area (Å²) >= 11 is -1.16. The first-order chi connectivity index (χ1) is 8.59. The van der Waals surface area contributed by atoms with Crippen molar-refractivity contribution < 1.29 is 9.35 Å². The van der Waals surface area contributed by atoms with Crippen LogP contribution in [-0.2, 0) is 23.0 Å². The molecule has 1 aliphatic rings. The molecule has 1 aromatic rings. The molecule has 100 valence electrons. The Morgan fingerprint density at radius 3 is 2.78 bits per heavy atom. The molecule has 0 aliphatic heterocycles. The molecule has 1 fully saturated rings. The molecule has 1 unspecified atom stereocenters. The topological polar surface area (TPSA) is 70.0 Å². The summed E-state index contributed by atoms with van der Waals surface area (Å²) in [5, 5.41) is 7.48. The van der Waals surface area contributed by atoms with Crippen molar-refractivity contribution in [2.75, 3.05) is 11.6 Å². The maximum Gasteiger partial charge on any atom is 0.266 e. The quantitative estimate of drug-likeness (QED) is 0.849. The number of aryl methyl sites for hydroxylation is 1. The van der Waals surface area contributed by atoms with Crippen LogP contribution in [0.1, 0.15) is 32.1 Å². The highest BCUT2D eigenvalue weighted by atomic mass is 32.2. The van der Waals surface area contributed by atoms with Crippen LogP contribution in [-0.4, -0.2) is 26.5 Å². The van der Waals surface area contributed by atoms with Crippen molar-refractivity contribution in [3.8, 4) is 0 Å². The first kappa shape index (κ1) is 13.4. The zero-order valence-electron chi connectivity index (χ0n) is 10.8. The summed E-state index contributed by atoms with van der Waals surface area (Å²) in [7, 11) is 1.73. The van der Waals surface area contributed by atoms with Gasteiger partial charge in [-0.3, -0.25) is 4.79 Å². The van der Waals surface area contributed by atoms with Gasteiger partial charge in [0.2, 0.25) is 5.91 Å². The molecule has 2 rings (SSSR count). The first-order valence-electron chi connectivity index (χ1n) is 6.26. The van der Waals surface area contributed by atoms with E-state index < -0.39 is 11.2 Å². The molecule has 1 heterocycles. The molecule has 1 aromatic heterocycles. The molecule has 1 amide bonds. The summed E-state index contributed by atoms with van der Waals surface area (Å²) in [6.45, 7) is 0. The van der Waals surface area contributed by atoms with Crippen LogP contribution in [0.5, 0.6) is 0 Å². The van der Waals surface area contributed by atoms with E-state index >= 15 is 0 Å². The minimum absolute atomic E-state index is 0.0365. The number of nitrogens with zero attached hydrogens (tertiary/aromatic N) is 2. The highest BCUT2D eigenvalue weighted by Crippen LogP contribution is 2.26. The maximum atomic E-state index is 12.1. The van der Waals surface area contributed by atoms with E-state index in [4.69, 9.17) is 0 Å².